The zero-order valence-electron chi connectivity index (χ0n) is 19.4. The molecule has 2 aromatic rings. The van der Waals surface area contributed by atoms with Gasteiger partial charge in [0.1, 0.15) is 17.2 Å². The quantitative estimate of drug-likeness (QED) is 0.277. The molecule has 1 heterocycles. The third kappa shape index (κ3) is 6.30. The summed E-state index contributed by atoms with van der Waals surface area (Å²) in [6.45, 7) is 2.12. The van der Waals surface area contributed by atoms with Crippen molar-refractivity contribution in [3.8, 4) is 5.75 Å². The molecule has 0 spiro atoms. The molecule has 2 aromatic carbocycles. The Morgan fingerprint density at radius 3 is 2.31 bits per heavy atom. The molecule has 0 aromatic heterocycles. The molecule has 190 valence electrons. The number of alkyl halides is 3. The molecule has 6 nitrogen and oxygen atoms in total. The standard InChI is InChI=1S/C25H27F4NO5/c1-3-4-13-34-24(19-7-5-6-8-20(19)26)15-30(16-24)22(31)21(35-23(32)25(27,28)29)14-17-9-11-18(33-2)12-10-17/h5-12,21H,3-4,13-16H2,1-2H3. The first kappa shape index (κ1) is 26.5. The van der Waals surface area contributed by atoms with Crippen LogP contribution in [0, 0.1) is 5.82 Å². The lowest BCUT2D eigenvalue weighted by Gasteiger charge is -2.50. The summed E-state index contributed by atoms with van der Waals surface area (Å²) >= 11 is 0. The molecule has 35 heavy (non-hydrogen) atoms. The Bertz CT molecular complexity index is 1020. The van der Waals surface area contributed by atoms with Crippen molar-refractivity contribution in [3.63, 3.8) is 0 Å². The lowest BCUT2D eigenvalue weighted by molar-refractivity contribution is -0.210. The Balaban J connectivity index is 1.80. The highest BCUT2D eigenvalue weighted by Gasteiger charge is 2.51. The number of benzene rings is 2. The van der Waals surface area contributed by atoms with Crippen molar-refractivity contribution >= 4 is 11.9 Å². The first-order valence-electron chi connectivity index (χ1n) is 11.2. The zero-order valence-corrected chi connectivity index (χ0v) is 19.4. The van der Waals surface area contributed by atoms with Gasteiger partial charge < -0.3 is 19.1 Å². The summed E-state index contributed by atoms with van der Waals surface area (Å²) in [4.78, 5) is 25.9. The van der Waals surface area contributed by atoms with Gasteiger partial charge >= 0.3 is 12.1 Å². The molecule has 10 heteroatoms. The SMILES string of the molecule is CCCCOC1(c2ccccc2F)CN(C(=O)C(Cc2ccc(OC)cc2)OC(=O)C(F)(F)F)C1. The van der Waals surface area contributed by atoms with Crippen LogP contribution < -0.4 is 4.74 Å². The molecule has 0 bridgehead atoms. The van der Waals surface area contributed by atoms with Crippen LogP contribution in [0.2, 0.25) is 0 Å². The Morgan fingerprint density at radius 1 is 1.09 bits per heavy atom. The number of methoxy groups -OCH3 is 1. The molecule has 1 aliphatic heterocycles. The number of ether oxygens (including phenoxy) is 3. The Morgan fingerprint density at radius 2 is 1.74 bits per heavy atom. The number of hydrogen-bond donors (Lipinski definition) is 0. The maximum Gasteiger partial charge on any atom is 0.490 e. The van der Waals surface area contributed by atoms with Crippen molar-refractivity contribution in [2.24, 2.45) is 0 Å². The summed E-state index contributed by atoms with van der Waals surface area (Å²) in [5.41, 5.74) is -0.395. The topological polar surface area (TPSA) is 65.1 Å². The van der Waals surface area contributed by atoms with E-state index < -0.39 is 35.6 Å². The number of esters is 1. The summed E-state index contributed by atoms with van der Waals surface area (Å²) in [7, 11) is 1.46. The summed E-state index contributed by atoms with van der Waals surface area (Å²) in [6.07, 6.45) is -5.69. The normalized spacial score (nSPS) is 15.8. The third-order valence-electron chi connectivity index (χ3n) is 5.78. The van der Waals surface area contributed by atoms with Crippen LogP contribution in [0.25, 0.3) is 0 Å². The maximum absolute atomic E-state index is 14.6. The first-order valence-corrected chi connectivity index (χ1v) is 11.2. The minimum absolute atomic E-state index is 0.0842. The van der Waals surface area contributed by atoms with Crippen LogP contribution in [-0.2, 0) is 31.1 Å². The van der Waals surface area contributed by atoms with Crippen molar-refractivity contribution in [1.82, 2.24) is 4.90 Å². The molecule has 1 aliphatic rings. The van der Waals surface area contributed by atoms with Crippen LogP contribution in [0.15, 0.2) is 48.5 Å². The summed E-state index contributed by atoms with van der Waals surface area (Å²) in [5, 5.41) is 0. The van der Waals surface area contributed by atoms with Crippen LogP contribution in [-0.4, -0.2) is 55.9 Å². The van der Waals surface area contributed by atoms with Gasteiger partial charge in [-0.15, -0.1) is 0 Å². The largest absolute Gasteiger partial charge is 0.497 e. The fourth-order valence-corrected chi connectivity index (χ4v) is 3.86. The van der Waals surface area contributed by atoms with E-state index in [1.165, 1.54) is 24.1 Å². The van der Waals surface area contributed by atoms with Crippen molar-refractivity contribution in [2.45, 2.75) is 44.1 Å². The predicted octanol–water partition coefficient (Wildman–Crippen LogP) is 4.41. The highest BCUT2D eigenvalue weighted by atomic mass is 19.4. The molecule has 0 radical (unpaired) electrons. The Hall–Kier alpha value is -3.14. The number of amides is 1. The fourth-order valence-electron chi connectivity index (χ4n) is 3.86. The molecule has 0 N–H and O–H groups in total. The van der Waals surface area contributed by atoms with Crippen molar-refractivity contribution in [1.29, 1.82) is 0 Å². The minimum atomic E-state index is -5.26. The van der Waals surface area contributed by atoms with Gasteiger partial charge in [-0.25, -0.2) is 9.18 Å². The van der Waals surface area contributed by atoms with Crippen LogP contribution >= 0.6 is 0 Å². The number of halogens is 4. The third-order valence-corrected chi connectivity index (χ3v) is 5.78. The molecule has 1 atom stereocenters. The Kier molecular flexibility index (Phi) is 8.37. The van der Waals surface area contributed by atoms with Gasteiger partial charge in [-0.2, -0.15) is 13.2 Å². The second kappa shape index (κ2) is 11.1. The molecule has 1 unspecified atom stereocenters. The van der Waals surface area contributed by atoms with Gasteiger partial charge in [0.05, 0.1) is 20.2 Å². The van der Waals surface area contributed by atoms with E-state index in [0.717, 1.165) is 6.42 Å². The second-order valence-electron chi connectivity index (χ2n) is 8.31. The monoisotopic (exact) mass is 497 g/mol. The van der Waals surface area contributed by atoms with Gasteiger partial charge in [-0.05, 0) is 30.2 Å². The van der Waals surface area contributed by atoms with Gasteiger partial charge in [-0.3, -0.25) is 4.79 Å². The molecular formula is C25H27F4NO5. The molecule has 1 saturated heterocycles. The number of rotatable bonds is 10. The smallest absolute Gasteiger partial charge is 0.490 e. The number of carbonyl (C=O) groups is 2. The van der Waals surface area contributed by atoms with E-state index in [0.29, 0.717) is 24.3 Å². The van der Waals surface area contributed by atoms with Gasteiger partial charge in [0.25, 0.3) is 5.91 Å². The summed E-state index contributed by atoms with van der Waals surface area (Å²) < 4.78 is 68.9. The average Bonchev–Trinajstić information content (AvgIpc) is 2.80. The Labute approximate surface area is 200 Å². The number of nitrogens with zero attached hydrogens (tertiary/aromatic N) is 1. The van der Waals surface area contributed by atoms with Gasteiger partial charge in [-0.1, -0.05) is 43.7 Å². The first-order chi connectivity index (χ1) is 16.6. The minimum Gasteiger partial charge on any atom is -0.497 e. The fraction of sp³-hybridized carbons (Fsp3) is 0.440. The van der Waals surface area contributed by atoms with Crippen LogP contribution in [0.5, 0.6) is 5.75 Å². The van der Waals surface area contributed by atoms with E-state index in [9.17, 15) is 27.2 Å². The van der Waals surface area contributed by atoms with E-state index in [2.05, 4.69) is 4.74 Å². The second-order valence-corrected chi connectivity index (χ2v) is 8.31. The highest BCUT2D eigenvalue weighted by Crippen LogP contribution is 2.38. The van der Waals surface area contributed by atoms with E-state index in [1.807, 2.05) is 6.92 Å². The average molecular weight is 497 g/mol. The molecule has 0 saturated carbocycles. The summed E-state index contributed by atoms with van der Waals surface area (Å²) in [5.74, 6) is -3.26. The van der Waals surface area contributed by atoms with Crippen molar-refractivity contribution < 1.29 is 41.4 Å². The summed E-state index contributed by atoms with van der Waals surface area (Å²) in [6, 6.07) is 12.3. The van der Waals surface area contributed by atoms with E-state index >= 15 is 0 Å². The number of carbonyl (C=O) groups excluding carboxylic acids is 2. The molecule has 0 aliphatic carbocycles. The van der Waals surface area contributed by atoms with Gasteiger partial charge in [0.2, 0.25) is 0 Å². The van der Waals surface area contributed by atoms with Crippen LogP contribution in [0.3, 0.4) is 0 Å². The van der Waals surface area contributed by atoms with E-state index in [4.69, 9.17) is 9.47 Å². The molecule has 3 rings (SSSR count). The molecule has 1 amide bonds. The van der Waals surface area contributed by atoms with E-state index in [1.54, 1.807) is 36.4 Å². The lowest BCUT2D eigenvalue weighted by Crippen LogP contribution is -2.65. The lowest BCUT2D eigenvalue weighted by atomic mass is 9.84. The van der Waals surface area contributed by atoms with Crippen LogP contribution in [0.1, 0.15) is 30.9 Å². The maximum atomic E-state index is 14.6. The number of hydrogen-bond acceptors (Lipinski definition) is 5. The predicted molar refractivity (Wildman–Crippen MR) is 118 cm³/mol. The van der Waals surface area contributed by atoms with Crippen molar-refractivity contribution in [2.75, 3.05) is 26.8 Å². The number of likely N-dealkylation sites (tertiary alicyclic amines) is 1. The highest BCUT2D eigenvalue weighted by molar-refractivity contribution is 5.86. The molecule has 1 fully saturated rings. The van der Waals surface area contributed by atoms with Crippen molar-refractivity contribution in [3.05, 3.63) is 65.5 Å². The number of unbranched alkanes of at least 4 members (excludes halogenated alkanes) is 1. The van der Waals surface area contributed by atoms with Gasteiger partial charge in [0.15, 0.2) is 6.10 Å². The zero-order chi connectivity index (χ0) is 25.6. The molecular weight excluding hydrogens is 470 g/mol. The van der Waals surface area contributed by atoms with E-state index in [-0.39, 0.29) is 25.1 Å². The van der Waals surface area contributed by atoms with Crippen LogP contribution in [0.4, 0.5) is 17.6 Å². The van der Waals surface area contributed by atoms with Gasteiger partial charge in [0, 0.05) is 18.6 Å².